The fourth-order valence-corrected chi connectivity index (χ4v) is 15.7. The topological polar surface area (TPSA) is 237 Å². The minimum Gasteiger partial charge on any atom is -0.462 e. The molecule has 0 aromatic rings. The number of phosphoric ester groups is 2. The third-order valence-corrected chi connectivity index (χ3v) is 23.1. The maximum absolute atomic E-state index is 13.2. The lowest BCUT2D eigenvalue weighted by molar-refractivity contribution is -0.161. The summed E-state index contributed by atoms with van der Waals surface area (Å²) in [5.74, 6) is -0.475. The van der Waals surface area contributed by atoms with Gasteiger partial charge in [0.05, 0.1) is 26.4 Å². The van der Waals surface area contributed by atoms with Crippen LogP contribution in [0.5, 0.6) is 0 Å². The fourth-order valence-electron chi connectivity index (χ4n) is 14.1. The number of hydrogen-bond donors (Lipinski definition) is 3. The SMILES string of the molecule is CCCCCCCCCCCCCCCCCCCCCCCC(=O)O[C@H](COC(=O)CCCCCCCCCCCCCCCCCCC(C)C)COP(=O)(O)OC[C@@H](O)COP(=O)(O)OC[C@@H](COC(=O)CCCCCCCCCCCC)OC(=O)CCCCCCCCCCCCCCCCCCC(C)C. The van der Waals surface area contributed by atoms with Crippen molar-refractivity contribution in [3.05, 3.63) is 0 Å². The van der Waals surface area contributed by atoms with E-state index in [2.05, 4.69) is 41.5 Å². The van der Waals surface area contributed by atoms with Crippen LogP contribution in [0.2, 0.25) is 0 Å². The molecule has 0 saturated heterocycles. The van der Waals surface area contributed by atoms with Crippen molar-refractivity contribution in [3.63, 3.8) is 0 Å². The van der Waals surface area contributed by atoms with Gasteiger partial charge >= 0.3 is 39.5 Å². The minimum atomic E-state index is -4.97. The standard InChI is InChI=1S/C90H176O17P2/c1-7-9-11-13-15-17-19-20-21-22-23-24-25-26-34-39-44-50-56-62-68-74-90(95)107-86(79-101-88(93)73-67-61-55-49-43-38-33-29-27-31-36-41-46-52-58-64-70-82(3)4)81-105-109(98,99)103-77-84(91)76-102-108(96,97)104-80-85(78-100-87(92)72-66-60-54-48-18-16-14-12-10-8-2)106-89(94)75-69-63-57-51-45-40-35-30-28-32-37-42-47-53-59-65-71-83(5)6/h82-86,91H,7-81H2,1-6H3,(H,96,97)(H,98,99)/t84-,85+,86+/m0/s1. The van der Waals surface area contributed by atoms with E-state index in [1.54, 1.807) is 0 Å². The summed E-state index contributed by atoms with van der Waals surface area (Å²) in [5, 5.41) is 10.7. The van der Waals surface area contributed by atoms with Crippen molar-refractivity contribution in [3.8, 4) is 0 Å². The Morgan fingerprint density at radius 2 is 0.422 bits per heavy atom. The van der Waals surface area contributed by atoms with E-state index < -0.39 is 97.5 Å². The largest absolute Gasteiger partial charge is 0.472 e. The van der Waals surface area contributed by atoms with Crippen LogP contribution < -0.4 is 0 Å². The molecule has 5 atom stereocenters. The number of carbonyl (C=O) groups excluding carboxylic acids is 4. The fraction of sp³-hybridized carbons (Fsp3) is 0.956. The molecule has 0 fully saturated rings. The summed E-state index contributed by atoms with van der Waals surface area (Å²) in [7, 11) is -9.93. The first-order valence-corrected chi connectivity index (χ1v) is 49.5. The Labute approximate surface area is 670 Å². The summed E-state index contributed by atoms with van der Waals surface area (Å²) in [6, 6.07) is 0. The van der Waals surface area contributed by atoms with Gasteiger partial charge in [-0.05, 0) is 37.5 Å². The highest BCUT2D eigenvalue weighted by molar-refractivity contribution is 7.47. The Kier molecular flexibility index (Phi) is 79.8. The Morgan fingerprint density at radius 3 is 0.624 bits per heavy atom. The van der Waals surface area contributed by atoms with E-state index in [1.165, 1.54) is 302 Å². The third kappa shape index (κ3) is 83.8. The number of ether oxygens (including phenoxy) is 4. The molecule has 2 unspecified atom stereocenters. The first kappa shape index (κ1) is 107. The van der Waals surface area contributed by atoms with E-state index in [0.717, 1.165) is 102 Å². The molecular formula is C90H176O17P2. The second kappa shape index (κ2) is 81.2. The molecule has 0 aliphatic heterocycles. The smallest absolute Gasteiger partial charge is 0.462 e. The van der Waals surface area contributed by atoms with Crippen LogP contribution in [-0.2, 0) is 65.4 Å². The number of hydrogen-bond acceptors (Lipinski definition) is 15. The lowest BCUT2D eigenvalue weighted by Gasteiger charge is -2.21. The van der Waals surface area contributed by atoms with Crippen LogP contribution in [-0.4, -0.2) is 96.7 Å². The van der Waals surface area contributed by atoms with Crippen molar-refractivity contribution in [2.75, 3.05) is 39.6 Å². The predicted octanol–water partition coefficient (Wildman–Crippen LogP) is 27.8. The normalized spacial score (nSPS) is 13.8. The molecule has 3 N–H and O–H groups in total. The molecule has 0 saturated carbocycles. The predicted molar refractivity (Wildman–Crippen MR) is 451 cm³/mol. The van der Waals surface area contributed by atoms with Gasteiger partial charge < -0.3 is 33.8 Å². The summed E-state index contributed by atoms with van der Waals surface area (Å²) in [5.41, 5.74) is 0. The van der Waals surface area contributed by atoms with Gasteiger partial charge in [-0.1, -0.05) is 433 Å². The van der Waals surface area contributed by atoms with Gasteiger partial charge in [0.15, 0.2) is 12.2 Å². The zero-order chi connectivity index (χ0) is 79.9. The molecule has 109 heavy (non-hydrogen) atoms. The van der Waals surface area contributed by atoms with Gasteiger partial charge in [0, 0.05) is 25.7 Å². The monoisotopic (exact) mass is 1590 g/mol. The summed E-state index contributed by atoms with van der Waals surface area (Å²) >= 11 is 0. The lowest BCUT2D eigenvalue weighted by atomic mass is 10.0. The van der Waals surface area contributed by atoms with Gasteiger partial charge in [0.1, 0.15) is 19.3 Å². The van der Waals surface area contributed by atoms with Crippen LogP contribution in [0.25, 0.3) is 0 Å². The summed E-state index contributed by atoms with van der Waals surface area (Å²) < 4.78 is 69.0. The van der Waals surface area contributed by atoms with E-state index in [1.807, 2.05) is 0 Å². The minimum absolute atomic E-state index is 0.108. The Hall–Kier alpha value is -1.94. The van der Waals surface area contributed by atoms with Gasteiger partial charge in [-0.15, -0.1) is 0 Å². The number of aliphatic hydroxyl groups is 1. The maximum Gasteiger partial charge on any atom is 0.472 e. The second-order valence-corrected chi connectivity index (χ2v) is 36.2. The maximum atomic E-state index is 13.2. The number of rotatable bonds is 89. The molecule has 0 amide bonds. The molecule has 17 nitrogen and oxygen atoms in total. The molecule has 0 aromatic carbocycles. The van der Waals surface area contributed by atoms with Crippen LogP contribution >= 0.6 is 15.6 Å². The molecule has 0 heterocycles. The van der Waals surface area contributed by atoms with Crippen molar-refractivity contribution in [2.45, 2.75) is 503 Å². The number of carbonyl (C=O) groups is 4. The number of phosphoric acid groups is 2. The first-order chi connectivity index (χ1) is 52.9. The van der Waals surface area contributed by atoms with E-state index >= 15 is 0 Å². The van der Waals surface area contributed by atoms with Crippen molar-refractivity contribution < 1.29 is 80.2 Å². The van der Waals surface area contributed by atoms with Gasteiger partial charge in [-0.25, -0.2) is 9.13 Å². The summed E-state index contributed by atoms with van der Waals surface area (Å²) in [6.07, 6.45) is 75.1. The molecule has 0 rings (SSSR count). The van der Waals surface area contributed by atoms with Crippen molar-refractivity contribution >= 4 is 39.5 Å². The van der Waals surface area contributed by atoms with E-state index in [-0.39, 0.29) is 25.7 Å². The number of aliphatic hydroxyl groups excluding tert-OH is 1. The highest BCUT2D eigenvalue weighted by Gasteiger charge is 2.31. The van der Waals surface area contributed by atoms with Gasteiger partial charge in [0.2, 0.25) is 0 Å². The molecule has 0 bridgehead atoms. The van der Waals surface area contributed by atoms with Crippen LogP contribution in [0.4, 0.5) is 0 Å². The molecular weight excluding hydrogens is 1410 g/mol. The molecule has 19 heteroatoms. The zero-order valence-electron chi connectivity index (χ0n) is 71.9. The van der Waals surface area contributed by atoms with E-state index in [4.69, 9.17) is 37.0 Å². The van der Waals surface area contributed by atoms with E-state index in [9.17, 15) is 43.2 Å². The zero-order valence-corrected chi connectivity index (χ0v) is 73.7. The number of unbranched alkanes of at least 4 members (excludes halogenated alkanes) is 59. The Morgan fingerprint density at radius 1 is 0.248 bits per heavy atom. The van der Waals surface area contributed by atoms with Crippen LogP contribution in [0.3, 0.4) is 0 Å². The highest BCUT2D eigenvalue weighted by Crippen LogP contribution is 2.45. The first-order valence-electron chi connectivity index (χ1n) is 46.5. The van der Waals surface area contributed by atoms with Gasteiger partial charge in [0.25, 0.3) is 0 Å². The van der Waals surface area contributed by atoms with Crippen molar-refractivity contribution in [1.82, 2.24) is 0 Å². The lowest BCUT2D eigenvalue weighted by Crippen LogP contribution is -2.30. The average molecular weight is 1590 g/mol. The molecule has 0 aromatic heterocycles. The quantitative estimate of drug-likeness (QED) is 0.0222. The van der Waals surface area contributed by atoms with Crippen LogP contribution in [0, 0.1) is 11.8 Å². The molecule has 0 radical (unpaired) electrons. The van der Waals surface area contributed by atoms with Crippen LogP contribution in [0.15, 0.2) is 0 Å². The van der Waals surface area contributed by atoms with Gasteiger partial charge in [-0.2, -0.15) is 0 Å². The molecule has 0 aliphatic carbocycles. The summed E-state index contributed by atoms with van der Waals surface area (Å²) in [4.78, 5) is 73.3. The molecule has 0 spiro atoms. The van der Waals surface area contributed by atoms with Crippen LogP contribution in [0.1, 0.15) is 485 Å². The Balaban J connectivity index is 5.22. The average Bonchev–Trinajstić information content (AvgIpc) is 0.919. The summed E-state index contributed by atoms with van der Waals surface area (Å²) in [6.45, 7) is 9.75. The second-order valence-electron chi connectivity index (χ2n) is 33.3. The Bertz CT molecular complexity index is 2080. The highest BCUT2D eigenvalue weighted by atomic mass is 31.2. The number of esters is 4. The van der Waals surface area contributed by atoms with Crippen molar-refractivity contribution in [2.24, 2.45) is 11.8 Å². The van der Waals surface area contributed by atoms with Crippen molar-refractivity contribution in [1.29, 1.82) is 0 Å². The molecule has 0 aliphatic rings. The third-order valence-electron chi connectivity index (χ3n) is 21.2. The molecule has 648 valence electrons. The van der Waals surface area contributed by atoms with E-state index in [0.29, 0.717) is 25.7 Å². The van der Waals surface area contributed by atoms with Gasteiger partial charge in [-0.3, -0.25) is 37.3 Å².